The smallest absolute Gasteiger partial charge is 0.246 e. The van der Waals surface area contributed by atoms with Crippen LogP contribution in [0.4, 0.5) is 11.4 Å². The van der Waals surface area contributed by atoms with Crippen molar-refractivity contribution >= 4 is 17.3 Å². The fraction of sp³-hybridized carbons (Fsp3) is 0.286. The molecule has 0 aliphatic carbocycles. The van der Waals surface area contributed by atoms with Gasteiger partial charge < -0.3 is 11.1 Å². The summed E-state index contributed by atoms with van der Waals surface area (Å²) in [6.07, 6.45) is 3.16. The second-order valence-electron chi connectivity index (χ2n) is 4.79. The SMILES string of the molecule is Cc1cc(C)c(NC(=O)Cn2cc(N)cn2)c(C)c1. The van der Waals surface area contributed by atoms with Gasteiger partial charge in [-0.3, -0.25) is 9.48 Å². The summed E-state index contributed by atoms with van der Waals surface area (Å²) < 4.78 is 1.52. The highest BCUT2D eigenvalue weighted by Crippen LogP contribution is 2.21. The molecule has 100 valence electrons. The van der Waals surface area contributed by atoms with Crippen molar-refractivity contribution in [3.05, 3.63) is 41.2 Å². The van der Waals surface area contributed by atoms with Crippen LogP contribution in [0, 0.1) is 20.8 Å². The molecule has 0 atom stereocenters. The Morgan fingerprint density at radius 3 is 2.47 bits per heavy atom. The molecule has 2 aromatic rings. The first-order valence-electron chi connectivity index (χ1n) is 6.11. The third-order valence-corrected chi connectivity index (χ3v) is 2.90. The minimum atomic E-state index is -0.113. The Morgan fingerprint density at radius 2 is 1.95 bits per heavy atom. The summed E-state index contributed by atoms with van der Waals surface area (Å²) in [5.74, 6) is -0.113. The number of carbonyl (C=O) groups excluding carboxylic acids is 1. The van der Waals surface area contributed by atoms with Crippen molar-refractivity contribution in [2.45, 2.75) is 27.3 Å². The quantitative estimate of drug-likeness (QED) is 0.884. The summed E-state index contributed by atoms with van der Waals surface area (Å²) in [6, 6.07) is 4.10. The molecule has 0 bridgehead atoms. The van der Waals surface area contributed by atoms with Gasteiger partial charge in [-0.15, -0.1) is 0 Å². The van der Waals surface area contributed by atoms with Gasteiger partial charge in [-0.1, -0.05) is 17.7 Å². The zero-order valence-corrected chi connectivity index (χ0v) is 11.4. The van der Waals surface area contributed by atoms with E-state index < -0.39 is 0 Å². The van der Waals surface area contributed by atoms with E-state index in [2.05, 4.69) is 22.5 Å². The monoisotopic (exact) mass is 258 g/mol. The molecule has 1 heterocycles. The number of nitrogens with one attached hydrogen (secondary N) is 1. The lowest BCUT2D eigenvalue weighted by Gasteiger charge is -2.12. The molecule has 0 saturated carbocycles. The molecule has 5 heteroatoms. The molecule has 3 N–H and O–H groups in total. The van der Waals surface area contributed by atoms with Gasteiger partial charge in [0.15, 0.2) is 0 Å². The number of hydrogen-bond donors (Lipinski definition) is 2. The number of carbonyl (C=O) groups is 1. The number of benzene rings is 1. The number of aryl methyl sites for hydroxylation is 3. The van der Waals surface area contributed by atoms with Crippen molar-refractivity contribution in [1.82, 2.24) is 9.78 Å². The summed E-state index contributed by atoms with van der Waals surface area (Å²) in [6.45, 7) is 6.17. The van der Waals surface area contributed by atoms with Crippen LogP contribution in [-0.2, 0) is 11.3 Å². The molecular weight excluding hydrogens is 240 g/mol. The molecule has 0 spiro atoms. The van der Waals surface area contributed by atoms with E-state index in [1.165, 1.54) is 16.4 Å². The molecule has 1 aromatic heterocycles. The van der Waals surface area contributed by atoms with Gasteiger partial charge in [-0.2, -0.15) is 5.10 Å². The predicted octanol–water partition coefficient (Wildman–Crippen LogP) is 2.03. The Balaban J connectivity index is 2.11. The van der Waals surface area contributed by atoms with Gasteiger partial charge in [0.05, 0.1) is 11.9 Å². The minimum Gasteiger partial charge on any atom is -0.396 e. The maximum absolute atomic E-state index is 12.0. The average molecular weight is 258 g/mol. The van der Waals surface area contributed by atoms with Gasteiger partial charge in [-0.25, -0.2) is 0 Å². The highest BCUT2D eigenvalue weighted by atomic mass is 16.2. The Morgan fingerprint density at radius 1 is 1.32 bits per heavy atom. The fourth-order valence-corrected chi connectivity index (χ4v) is 2.17. The molecule has 19 heavy (non-hydrogen) atoms. The van der Waals surface area contributed by atoms with E-state index in [-0.39, 0.29) is 12.5 Å². The zero-order chi connectivity index (χ0) is 14.0. The molecule has 1 aromatic carbocycles. The van der Waals surface area contributed by atoms with E-state index in [4.69, 9.17) is 5.73 Å². The van der Waals surface area contributed by atoms with Crippen LogP contribution in [0.15, 0.2) is 24.5 Å². The van der Waals surface area contributed by atoms with Crippen molar-refractivity contribution in [3.63, 3.8) is 0 Å². The van der Waals surface area contributed by atoms with Gasteiger partial charge in [-0.05, 0) is 31.9 Å². The third kappa shape index (κ3) is 3.13. The summed E-state index contributed by atoms with van der Waals surface area (Å²) in [4.78, 5) is 12.0. The van der Waals surface area contributed by atoms with Gasteiger partial charge in [0.25, 0.3) is 0 Å². The van der Waals surface area contributed by atoms with Gasteiger partial charge in [0, 0.05) is 11.9 Å². The van der Waals surface area contributed by atoms with E-state index in [1.807, 2.05) is 20.8 Å². The number of aromatic nitrogens is 2. The van der Waals surface area contributed by atoms with Crippen LogP contribution in [0.25, 0.3) is 0 Å². The van der Waals surface area contributed by atoms with E-state index in [0.717, 1.165) is 16.8 Å². The molecular formula is C14H18N4O. The average Bonchev–Trinajstić information content (AvgIpc) is 2.69. The number of nitrogens with two attached hydrogens (primary N) is 1. The molecule has 5 nitrogen and oxygen atoms in total. The zero-order valence-electron chi connectivity index (χ0n) is 11.4. The minimum absolute atomic E-state index is 0.113. The van der Waals surface area contributed by atoms with E-state index in [0.29, 0.717) is 5.69 Å². The summed E-state index contributed by atoms with van der Waals surface area (Å²) in [5.41, 5.74) is 10.3. The Bertz CT molecular complexity index is 593. The van der Waals surface area contributed by atoms with Gasteiger partial charge in [0.2, 0.25) is 5.91 Å². The van der Waals surface area contributed by atoms with Crippen LogP contribution >= 0.6 is 0 Å². The predicted molar refractivity (Wildman–Crippen MR) is 75.9 cm³/mol. The molecule has 0 fully saturated rings. The van der Waals surface area contributed by atoms with Crippen molar-refractivity contribution in [1.29, 1.82) is 0 Å². The Kier molecular flexibility index (Phi) is 3.55. The maximum atomic E-state index is 12.0. The van der Waals surface area contributed by atoms with Crippen molar-refractivity contribution in [2.24, 2.45) is 0 Å². The second-order valence-corrected chi connectivity index (χ2v) is 4.79. The number of amides is 1. The van der Waals surface area contributed by atoms with Crippen molar-refractivity contribution < 1.29 is 4.79 Å². The summed E-state index contributed by atoms with van der Waals surface area (Å²) >= 11 is 0. The first-order valence-corrected chi connectivity index (χ1v) is 6.11. The highest BCUT2D eigenvalue weighted by molar-refractivity contribution is 5.92. The summed E-state index contributed by atoms with van der Waals surface area (Å²) in [5, 5.41) is 6.91. The van der Waals surface area contributed by atoms with Crippen molar-refractivity contribution in [2.75, 3.05) is 11.1 Å². The lowest BCUT2D eigenvalue weighted by atomic mass is 10.1. The molecule has 0 unspecified atom stereocenters. The van der Waals surface area contributed by atoms with Crippen LogP contribution in [0.1, 0.15) is 16.7 Å². The third-order valence-electron chi connectivity index (χ3n) is 2.90. The molecule has 0 aliphatic heterocycles. The van der Waals surface area contributed by atoms with Crippen LogP contribution in [0.3, 0.4) is 0 Å². The summed E-state index contributed by atoms with van der Waals surface area (Å²) in [7, 11) is 0. The number of nitrogen functional groups attached to an aromatic ring is 1. The van der Waals surface area contributed by atoms with Crippen LogP contribution in [-0.4, -0.2) is 15.7 Å². The van der Waals surface area contributed by atoms with E-state index in [1.54, 1.807) is 6.20 Å². The molecule has 1 amide bonds. The maximum Gasteiger partial charge on any atom is 0.246 e. The Labute approximate surface area is 112 Å². The molecule has 0 radical (unpaired) electrons. The number of hydrogen-bond acceptors (Lipinski definition) is 3. The first-order chi connectivity index (χ1) is 8.95. The molecule has 0 aliphatic rings. The fourth-order valence-electron chi connectivity index (χ4n) is 2.17. The normalized spacial score (nSPS) is 10.5. The van der Waals surface area contributed by atoms with Crippen LogP contribution < -0.4 is 11.1 Å². The number of rotatable bonds is 3. The lowest BCUT2D eigenvalue weighted by Crippen LogP contribution is -2.20. The van der Waals surface area contributed by atoms with Crippen molar-refractivity contribution in [3.8, 4) is 0 Å². The van der Waals surface area contributed by atoms with E-state index >= 15 is 0 Å². The lowest BCUT2D eigenvalue weighted by molar-refractivity contribution is -0.116. The molecule has 2 rings (SSSR count). The van der Waals surface area contributed by atoms with Crippen LogP contribution in [0.5, 0.6) is 0 Å². The first kappa shape index (κ1) is 13.1. The Hall–Kier alpha value is -2.30. The largest absolute Gasteiger partial charge is 0.396 e. The van der Waals surface area contributed by atoms with E-state index in [9.17, 15) is 4.79 Å². The second kappa shape index (κ2) is 5.14. The van der Waals surface area contributed by atoms with Crippen LogP contribution in [0.2, 0.25) is 0 Å². The van der Waals surface area contributed by atoms with Gasteiger partial charge in [0.1, 0.15) is 6.54 Å². The standard InChI is InChI=1S/C14H18N4O/c1-9-4-10(2)14(11(3)5-9)17-13(19)8-18-7-12(15)6-16-18/h4-7H,8,15H2,1-3H3,(H,17,19). The number of nitrogens with zero attached hydrogens (tertiary/aromatic N) is 2. The molecule has 0 saturated heterocycles. The highest BCUT2D eigenvalue weighted by Gasteiger charge is 2.09. The number of anilines is 2. The topological polar surface area (TPSA) is 72.9 Å². The van der Waals surface area contributed by atoms with Gasteiger partial charge >= 0.3 is 0 Å².